The summed E-state index contributed by atoms with van der Waals surface area (Å²) in [5.74, 6) is -1.64. The minimum Gasteiger partial charge on any atom is -0.461 e. The van der Waals surface area contributed by atoms with E-state index in [-0.39, 0.29) is 13.2 Å². The second kappa shape index (κ2) is 8.52. The van der Waals surface area contributed by atoms with E-state index < -0.39 is 36.5 Å². The number of alkyl halides is 3. The van der Waals surface area contributed by atoms with Gasteiger partial charge in [-0.05, 0) is 11.1 Å². The topological polar surface area (TPSA) is 73.9 Å². The highest BCUT2D eigenvalue weighted by Crippen LogP contribution is 2.40. The van der Waals surface area contributed by atoms with E-state index in [2.05, 4.69) is 4.74 Å². The van der Waals surface area contributed by atoms with E-state index in [1.165, 1.54) is 0 Å². The summed E-state index contributed by atoms with van der Waals surface area (Å²) in [7, 11) is 0. The van der Waals surface area contributed by atoms with Crippen molar-refractivity contribution in [3.8, 4) is 0 Å². The van der Waals surface area contributed by atoms with E-state index in [1.807, 2.05) is 0 Å². The van der Waals surface area contributed by atoms with Crippen molar-refractivity contribution < 1.29 is 37.0 Å². The molecule has 6 nitrogen and oxygen atoms in total. The van der Waals surface area contributed by atoms with Crippen LogP contribution in [-0.4, -0.2) is 36.5 Å². The smallest absolute Gasteiger partial charge is 0.425 e. The molecule has 0 saturated carbocycles. The van der Waals surface area contributed by atoms with Crippen LogP contribution in [0.15, 0.2) is 60.7 Å². The van der Waals surface area contributed by atoms with Gasteiger partial charge in [-0.25, -0.2) is 9.59 Å². The molecular formula is C20H18F3NO5. The average Bonchev–Trinajstić information content (AvgIpc) is 3.03. The van der Waals surface area contributed by atoms with Crippen molar-refractivity contribution in [3.63, 3.8) is 0 Å². The van der Waals surface area contributed by atoms with Crippen LogP contribution in [0.25, 0.3) is 0 Å². The number of cyclic esters (lactones) is 1. The Morgan fingerprint density at radius 2 is 1.59 bits per heavy atom. The first-order chi connectivity index (χ1) is 13.8. The molecule has 1 fully saturated rings. The Labute approximate surface area is 164 Å². The molecule has 0 radical (unpaired) electrons. The highest BCUT2D eigenvalue weighted by Gasteiger charge is 2.71. The molecule has 1 heterocycles. The molecule has 29 heavy (non-hydrogen) atoms. The Hall–Kier alpha value is -3.07. The summed E-state index contributed by atoms with van der Waals surface area (Å²) in [5, 5.41) is 1.65. The van der Waals surface area contributed by atoms with Crippen LogP contribution in [0.2, 0.25) is 0 Å². The lowest BCUT2D eigenvalue weighted by Crippen LogP contribution is -2.68. The zero-order valence-electron chi connectivity index (χ0n) is 15.1. The molecule has 9 heteroatoms. The van der Waals surface area contributed by atoms with Gasteiger partial charge >= 0.3 is 18.2 Å². The third-order valence-corrected chi connectivity index (χ3v) is 4.42. The number of carbonyl (C=O) groups is 2. The number of hydrogen-bond acceptors (Lipinski definition) is 5. The lowest BCUT2D eigenvalue weighted by atomic mass is 9.94. The van der Waals surface area contributed by atoms with Crippen molar-refractivity contribution >= 4 is 12.1 Å². The van der Waals surface area contributed by atoms with Gasteiger partial charge in [-0.3, -0.25) is 5.32 Å². The number of carbonyl (C=O) groups excluding carboxylic acids is 2. The number of benzene rings is 2. The number of amides is 1. The number of rotatable bonds is 6. The van der Waals surface area contributed by atoms with Crippen LogP contribution in [0.5, 0.6) is 0 Å². The van der Waals surface area contributed by atoms with Gasteiger partial charge in [0.05, 0.1) is 6.61 Å². The predicted octanol–water partition coefficient (Wildman–Crippen LogP) is 3.36. The number of nitrogens with one attached hydrogen (secondary N) is 1. The third-order valence-electron chi connectivity index (χ3n) is 4.42. The van der Waals surface area contributed by atoms with Gasteiger partial charge in [-0.2, -0.15) is 13.2 Å². The minimum absolute atomic E-state index is 0.194. The maximum Gasteiger partial charge on any atom is 0.425 e. The molecule has 0 unspecified atom stereocenters. The lowest BCUT2D eigenvalue weighted by Gasteiger charge is -2.32. The van der Waals surface area contributed by atoms with Crippen molar-refractivity contribution in [2.75, 3.05) is 6.61 Å². The fourth-order valence-electron chi connectivity index (χ4n) is 2.89. The first kappa shape index (κ1) is 20.7. The van der Waals surface area contributed by atoms with E-state index in [4.69, 9.17) is 9.47 Å². The van der Waals surface area contributed by atoms with Gasteiger partial charge in [0.1, 0.15) is 19.3 Å². The van der Waals surface area contributed by atoms with Gasteiger partial charge in [0.15, 0.2) is 0 Å². The molecule has 1 saturated heterocycles. The van der Waals surface area contributed by atoms with Crippen molar-refractivity contribution in [2.45, 2.75) is 31.0 Å². The van der Waals surface area contributed by atoms with Gasteiger partial charge in [0, 0.05) is 0 Å². The number of esters is 1. The minimum atomic E-state index is -5.16. The molecule has 3 rings (SSSR count). The summed E-state index contributed by atoms with van der Waals surface area (Å²) in [6, 6.07) is 16.9. The van der Waals surface area contributed by atoms with Gasteiger partial charge in [-0.15, -0.1) is 0 Å². The summed E-state index contributed by atoms with van der Waals surface area (Å²) >= 11 is 0. The molecule has 0 aliphatic carbocycles. The molecule has 2 atom stereocenters. The second-order valence-corrected chi connectivity index (χ2v) is 6.38. The van der Waals surface area contributed by atoms with Crippen LogP contribution in [0.4, 0.5) is 18.0 Å². The lowest BCUT2D eigenvalue weighted by molar-refractivity contribution is -0.219. The first-order valence-corrected chi connectivity index (χ1v) is 8.71. The van der Waals surface area contributed by atoms with Crippen LogP contribution in [0.1, 0.15) is 11.1 Å². The summed E-state index contributed by atoms with van der Waals surface area (Å²) in [4.78, 5) is 24.2. The highest BCUT2D eigenvalue weighted by molar-refractivity contribution is 5.89. The van der Waals surface area contributed by atoms with Crippen LogP contribution >= 0.6 is 0 Å². The van der Waals surface area contributed by atoms with Gasteiger partial charge < -0.3 is 14.2 Å². The molecule has 2 aromatic rings. The SMILES string of the molecule is O=C(N[C@@]1(C(F)(F)F)C(=O)OC[C@H]1OCc1ccccc1)OCc1ccccc1. The molecule has 1 N–H and O–H groups in total. The Morgan fingerprint density at radius 3 is 2.14 bits per heavy atom. The summed E-state index contributed by atoms with van der Waals surface area (Å²) in [6.45, 7) is -1.10. The molecule has 0 bridgehead atoms. The molecular weight excluding hydrogens is 391 g/mol. The van der Waals surface area contributed by atoms with E-state index in [9.17, 15) is 22.8 Å². The van der Waals surface area contributed by atoms with Crippen molar-refractivity contribution in [1.82, 2.24) is 5.32 Å². The molecule has 0 spiro atoms. The second-order valence-electron chi connectivity index (χ2n) is 6.38. The number of halogens is 3. The maximum absolute atomic E-state index is 13.9. The Bertz CT molecular complexity index is 844. The summed E-state index contributed by atoms with van der Waals surface area (Å²) < 4.78 is 56.5. The molecule has 1 amide bonds. The standard InChI is InChI=1S/C20H18F3NO5/c21-20(22,23)19(24-18(26)29-12-15-9-5-2-6-10-15)16(13-28-17(19)25)27-11-14-7-3-1-4-8-14/h1-10,16H,11-13H2,(H,24,26)/t16-,19-/m1/s1. The van der Waals surface area contributed by atoms with E-state index >= 15 is 0 Å². The van der Waals surface area contributed by atoms with Crippen molar-refractivity contribution in [2.24, 2.45) is 0 Å². The Balaban J connectivity index is 1.74. The monoisotopic (exact) mass is 409 g/mol. The van der Waals surface area contributed by atoms with E-state index in [0.29, 0.717) is 11.1 Å². The highest BCUT2D eigenvalue weighted by atomic mass is 19.4. The molecule has 1 aliphatic heterocycles. The Kier molecular flexibility index (Phi) is 6.07. The molecule has 0 aromatic heterocycles. The molecule has 2 aromatic carbocycles. The number of hydrogen-bond donors (Lipinski definition) is 1. The zero-order valence-corrected chi connectivity index (χ0v) is 15.1. The Morgan fingerprint density at radius 1 is 1.03 bits per heavy atom. The van der Waals surface area contributed by atoms with Crippen LogP contribution in [0, 0.1) is 0 Å². The van der Waals surface area contributed by atoms with E-state index in [1.54, 1.807) is 66.0 Å². The molecule has 154 valence electrons. The summed E-state index contributed by atoms with van der Waals surface area (Å²) in [6.07, 6.45) is -8.33. The summed E-state index contributed by atoms with van der Waals surface area (Å²) in [5.41, 5.74) is -2.17. The quantitative estimate of drug-likeness (QED) is 0.741. The average molecular weight is 409 g/mol. The number of alkyl carbamates (subject to hydrolysis) is 1. The first-order valence-electron chi connectivity index (χ1n) is 8.71. The van der Waals surface area contributed by atoms with Crippen LogP contribution in [-0.2, 0) is 32.2 Å². The van der Waals surface area contributed by atoms with Crippen molar-refractivity contribution in [3.05, 3.63) is 71.8 Å². The maximum atomic E-state index is 13.9. The number of ether oxygens (including phenoxy) is 3. The van der Waals surface area contributed by atoms with Gasteiger partial charge in [0.25, 0.3) is 5.54 Å². The van der Waals surface area contributed by atoms with Crippen LogP contribution < -0.4 is 5.32 Å². The fraction of sp³-hybridized carbons (Fsp3) is 0.300. The van der Waals surface area contributed by atoms with E-state index in [0.717, 1.165) is 0 Å². The predicted molar refractivity (Wildman–Crippen MR) is 94.5 cm³/mol. The van der Waals surface area contributed by atoms with Gasteiger partial charge in [-0.1, -0.05) is 60.7 Å². The van der Waals surface area contributed by atoms with Gasteiger partial charge in [0.2, 0.25) is 0 Å². The fourth-order valence-corrected chi connectivity index (χ4v) is 2.89. The zero-order chi connectivity index (χ0) is 20.9. The van der Waals surface area contributed by atoms with Crippen LogP contribution in [0.3, 0.4) is 0 Å². The third kappa shape index (κ3) is 4.51. The largest absolute Gasteiger partial charge is 0.461 e. The normalized spacial score (nSPS) is 21.5. The molecule has 1 aliphatic rings. The van der Waals surface area contributed by atoms with Crippen molar-refractivity contribution in [1.29, 1.82) is 0 Å².